The van der Waals surface area contributed by atoms with Crippen LogP contribution in [0.2, 0.25) is 20.6 Å². The summed E-state index contributed by atoms with van der Waals surface area (Å²) in [7, 11) is 0. The molecule has 22 heavy (non-hydrogen) atoms. The van der Waals surface area contributed by atoms with Crippen molar-refractivity contribution in [2.75, 3.05) is 0 Å². The molecule has 0 saturated carbocycles. The van der Waals surface area contributed by atoms with E-state index in [4.69, 9.17) is 46.4 Å². The molecule has 0 atom stereocenters. The minimum atomic E-state index is -0.236. The molecule has 0 aliphatic rings. The minimum absolute atomic E-state index is 0.0949. The van der Waals surface area contributed by atoms with E-state index in [9.17, 15) is 9.59 Å². The van der Waals surface area contributed by atoms with Gasteiger partial charge in [0.15, 0.2) is 11.6 Å². The Labute approximate surface area is 145 Å². The van der Waals surface area contributed by atoms with Crippen LogP contribution in [0.1, 0.15) is 34.6 Å². The van der Waals surface area contributed by atoms with Gasteiger partial charge >= 0.3 is 0 Å². The molecule has 0 bridgehead atoms. The van der Waals surface area contributed by atoms with Crippen molar-refractivity contribution in [3.63, 3.8) is 0 Å². The summed E-state index contributed by atoms with van der Waals surface area (Å²) in [5.74, 6) is -0.471. The van der Waals surface area contributed by atoms with Crippen molar-refractivity contribution in [3.8, 4) is 0 Å². The van der Waals surface area contributed by atoms with Crippen molar-refractivity contribution in [1.29, 1.82) is 0 Å². The third-order valence-corrected chi connectivity index (χ3v) is 3.36. The van der Waals surface area contributed by atoms with Gasteiger partial charge in [0, 0.05) is 0 Å². The first-order valence-electron chi connectivity index (χ1n) is 5.59. The van der Waals surface area contributed by atoms with E-state index in [1.54, 1.807) is 0 Å². The topological polar surface area (TPSA) is 85.7 Å². The summed E-state index contributed by atoms with van der Waals surface area (Å²) < 4.78 is 0. The normalized spacial score (nSPS) is 9.73. The molecule has 6 nitrogen and oxygen atoms in total. The highest BCUT2D eigenvalue weighted by Crippen LogP contribution is 2.20. The average molecular weight is 382 g/mol. The first kappa shape index (κ1) is 18.7. The highest BCUT2D eigenvalue weighted by Gasteiger charge is 2.12. The fourth-order valence-corrected chi connectivity index (χ4v) is 2.43. The van der Waals surface area contributed by atoms with Crippen molar-refractivity contribution in [3.05, 3.63) is 44.4 Å². The van der Waals surface area contributed by atoms with E-state index in [1.807, 2.05) is 0 Å². The molecule has 0 fully saturated rings. The van der Waals surface area contributed by atoms with Gasteiger partial charge in [0.2, 0.25) is 0 Å². The standard InChI is InChI=1S/2C6H4Cl2N2O/c2*1-3(11)4-5(7)9-2-10-6(4)8/h2*2H,1H3. The number of hydrogen-bond acceptors (Lipinski definition) is 6. The zero-order valence-corrected chi connectivity index (χ0v) is 14.3. The average Bonchev–Trinajstić information content (AvgIpc) is 2.38. The van der Waals surface area contributed by atoms with Crippen LogP contribution in [0.5, 0.6) is 0 Å². The molecule has 2 heterocycles. The highest BCUT2D eigenvalue weighted by atomic mass is 35.5. The maximum absolute atomic E-state index is 10.8. The lowest BCUT2D eigenvalue weighted by molar-refractivity contribution is 0.100. The lowest BCUT2D eigenvalue weighted by Crippen LogP contribution is -1.98. The van der Waals surface area contributed by atoms with E-state index in [0.29, 0.717) is 0 Å². The van der Waals surface area contributed by atoms with Crippen LogP contribution >= 0.6 is 46.4 Å². The van der Waals surface area contributed by atoms with Crippen LogP contribution in [0.3, 0.4) is 0 Å². The van der Waals surface area contributed by atoms with E-state index in [2.05, 4.69) is 19.9 Å². The summed E-state index contributed by atoms with van der Waals surface area (Å²) in [4.78, 5) is 36.1. The Morgan fingerprint density at radius 1 is 0.682 bits per heavy atom. The lowest BCUT2D eigenvalue weighted by atomic mass is 10.2. The summed E-state index contributed by atoms with van der Waals surface area (Å²) in [6, 6.07) is 0. The summed E-state index contributed by atoms with van der Waals surface area (Å²) in [6.07, 6.45) is 2.41. The van der Waals surface area contributed by atoms with Gasteiger partial charge in [-0.2, -0.15) is 0 Å². The number of hydrogen-bond donors (Lipinski definition) is 0. The second kappa shape index (κ2) is 8.33. The van der Waals surface area contributed by atoms with Gasteiger partial charge in [-0.3, -0.25) is 9.59 Å². The molecule has 0 N–H and O–H groups in total. The van der Waals surface area contributed by atoms with Crippen LogP contribution in [0.4, 0.5) is 0 Å². The summed E-state index contributed by atoms with van der Waals surface area (Å²) >= 11 is 22.3. The molecular formula is C12H8Cl4N4O2. The molecule has 116 valence electrons. The molecule has 0 amide bonds. The van der Waals surface area contributed by atoms with Gasteiger partial charge in [-0.15, -0.1) is 0 Å². The van der Waals surface area contributed by atoms with Crippen LogP contribution in [-0.4, -0.2) is 31.5 Å². The van der Waals surface area contributed by atoms with Crippen LogP contribution in [-0.2, 0) is 0 Å². The van der Waals surface area contributed by atoms with Gasteiger partial charge in [-0.25, -0.2) is 19.9 Å². The van der Waals surface area contributed by atoms with Gasteiger partial charge in [0.05, 0.1) is 11.1 Å². The summed E-state index contributed by atoms with van der Waals surface area (Å²) in [6.45, 7) is 2.72. The number of nitrogens with zero attached hydrogens (tertiary/aromatic N) is 4. The summed E-state index contributed by atoms with van der Waals surface area (Å²) in [5, 5.41) is 0.380. The zero-order valence-electron chi connectivity index (χ0n) is 11.3. The van der Waals surface area contributed by atoms with Crippen molar-refractivity contribution < 1.29 is 9.59 Å². The number of carbonyl (C=O) groups is 2. The molecule has 2 aromatic rings. The maximum atomic E-state index is 10.8. The third-order valence-electron chi connectivity index (χ3n) is 2.21. The molecule has 10 heteroatoms. The fourth-order valence-electron chi connectivity index (χ4n) is 1.27. The number of Topliss-reactive ketones (excluding diaryl/α,β-unsaturated/α-hetero) is 2. The highest BCUT2D eigenvalue weighted by molar-refractivity contribution is 6.38. The Morgan fingerprint density at radius 2 is 0.909 bits per heavy atom. The van der Waals surface area contributed by atoms with Crippen molar-refractivity contribution in [2.45, 2.75) is 13.8 Å². The first-order valence-corrected chi connectivity index (χ1v) is 7.10. The Kier molecular flexibility index (Phi) is 7.09. The number of aromatic nitrogens is 4. The summed E-state index contributed by atoms with van der Waals surface area (Å²) in [5.41, 5.74) is 0.353. The first-order chi connectivity index (χ1) is 10.3. The molecule has 0 aliphatic heterocycles. The molecule has 2 rings (SSSR count). The predicted molar refractivity (Wildman–Crippen MR) is 84.1 cm³/mol. The maximum Gasteiger partial charge on any atom is 0.166 e. The van der Waals surface area contributed by atoms with Crippen LogP contribution < -0.4 is 0 Å². The molecule has 0 spiro atoms. The quantitative estimate of drug-likeness (QED) is 0.577. The van der Waals surface area contributed by atoms with Crippen molar-refractivity contribution in [2.24, 2.45) is 0 Å². The van der Waals surface area contributed by atoms with Gasteiger partial charge in [0.1, 0.15) is 33.3 Å². The number of halogens is 4. The molecule has 0 saturated heterocycles. The molecule has 0 unspecified atom stereocenters. The third kappa shape index (κ3) is 4.84. The molecular weight excluding hydrogens is 374 g/mol. The Hall–Kier alpha value is -1.34. The van der Waals surface area contributed by atoms with E-state index in [0.717, 1.165) is 0 Å². The number of carbonyl (C=O) groups excluding carboxylic acids is 2. The Balaban J connectivity index is 0.000000220. The number of ketones is 2. The van der Waals surface area contributed by atoms with Gasteiger partial charge < -0.3 is 0 Å². The predicted octanol–water partition coefficient (Wildman–Crippen LogP) is 3.97. The monoisotopic (exact) mass is 380 g/mol. The Morgan fingerprint density at radius 3 is 1.05 bits per heavy atom. The fraction of sp³-hybridized carbons (Fsp3) is 0.167. The second-order valence-electron chi connectivity index (χ2n) is 3.77. The minimum Gasteiger partial charge on any atom is -0.294 e. The van der Waals surface area contributed by atoms with Crippen molar-refractivity contribution >= 4 is 58.0 Å². The van der Waals surface area contributed by atoms with E-state index < -0.39 is 0 Å². The molecule has 0 aliphatic carbocycles. The van der Waals surface area contributed by atoms with Crippen LogP contribution in [0.25, 0.3) is 0 Å². The number of rotatable bonds is 2. The van der Waals surface area contributed by atoms with E-state index >= 15 is 0 Å². The second-order valence-corrected chi connectivity index (χ2v) is 5.21. The van der Waals surface area contributed by atoms with Gasteiger partial charge in [-0.1, -0.05) is 46.4 Å². The van der Waals surface area contributed by atoms with Crippen molar-refractivity contribution in [1.82, 2.24) is 19.9 Å². The smallest absolute Gasteiger partial charge is 0.166 e. The van der Waals surface area contributed by atoms with Crippen LogP contribution in [0, 0.1) is 0 Å². The zero-order chi connectivity index (χ0) is 16.9. The Bertz CT molecular complexity index is 622. The van der Waals surface area contributed by atoms with E-state index in [1.165, 1.54) is 26.5 Å². The van der Waals surface area contributed by atoms with Gasteiger partial charge in [0.25, 0.3) is 0 Å². The molecule has 0 radical (unpaired) electrons. The largest absolute Gasteiger partial charge is 0.294 e. The molecule has 2 aromatic heterocycles. The van der Waals surface area contributed by atoms with Gasteiger partial charge in [-0.05, 0) is 13.8 Å². The SMILES string of the molecule is CC(=O)c1c(Cl)ncnc1Cl.CC(=O)c1c(Cl)ncnc1Cl. The molecule has 0 aromatic carbocycles. The van der Waals surface area contributed by atoms with Crippen LogP contribution in [0.15, 0.2) is 12.7 Å². The van der Waals surface area contributed by atoms with E-state index in [-0.39, 0.29) is 43.3 Å². The lowest BCUT2D eigenvalue weighted by Gasteiger charge is -1.98.